The molecule has 1 saturated carbocycles. The normalized spacial score (nSPS) is 15.7. The van der Waals surface area contributed by atoms with Gasteiger partial charge in [0.1, 0.15) is 12.4 Å². The monoisotopic (exact) mass is 332 g/mol. The van der Waals surface area contributed by atoms with Crippen LogP contribution in [0.25, 0.3) is 10.9 Å². The Morgan fingerprint density at radius 1 is 1.46 bits per heavy atom. The van der Waals surface area contributed by atoms with Gasteiger partial charge in [0.05, 0.1) is 17.2 Å². The number of carbonyl (C=O) groups is 1. The number of nitrogens with zero attached hydrogens (tertiary/aromatic N) is 3. The molecule has 1 aromatic heterocycles. The molecular weight excluding hydrogens is 311 g/mol. The van der Waals surface area contributed by atoms with Gasteiger partial charge < -0.3 is 10.2 Å². The molecule has 0 spiro atoms. The number of carbonyl (C=O) groups excluding carboxylic acids is 1. The molecule has 1 amide bonds. The Hall–Kier alpha value is -2.28. The van der Waals surface area contributed by atoms with Gasteiger partial charge in [0.25, 0.3) is 5.56 Å². The molecule has 3 rings (SSSR count). The van der Waals surface area contributed by atoms with Gasteiger partial charge in [-0.1, -0.05) is 0 Å². The second-order valence-corrected chi connectivity index (χ2v) is 6.51. The van der Waals surface area contributed by atoms with Crippen molar-refractivity contribution in [3.8, 4) is 0 Å². The van der Waals surface area contributed by atoms with E-state index in [4.69, 9.17) is 0 Å². The van der Waals surface area contributed by atoms with Gasteiger partial charge in [0.2, 0.25) is 5.91 Å². The highest BCUT2D eigenvalue weighted by Crippen LogP contribution is 2.34. The van der Waals surface area contributed by atoms with E-state index in [0.717, 1.165) is 6.07 Å². The summed E-state index contributed by atoms with van der Waals surface area (Å²) in [6, 6.07) is 4.17. The standard InChI is InChI=1S/C17H21FN4O2/c1-21(2)15(11-3-4-11)8-19-16(23)9-22-10-20-14-6-5-12(18)7-13(14)17(22)24/h5-7,10-11,15H,3-4,8-9H2,1-2H3,(H,19,23)/t15-/m1/s1. The maximum Gasteiger partial charge on any atom is 0.261 e. The molecule has 1 aliphatic rings. The fourth-order valence-corrected chi connectivity index (χ4v) is 2.92. The molecule has 1 heterocycles. The van der Waals surface area contributed by atoms with Crippen molar-refractivity contribution in [2.75, 3.05) is 20.6 Å². The minimum absolute atomic E-state index is 0.122. The Kier molecular flexibility index (Phi) is 4.62. The van der Waals surface area contributed by atoms with Crippen LogP contribution < -0.4 is 10.9 Å². The van der Waals surface area contributed by atoms with Crippen LogP contribution in [0.15, 0.2) is 29.3 Å². The van der Waals surface area contributed by atoms with E-state index in [0.29, 0.717) is 24.0 Å². The van der Waals surface area contributed by atoms with Gasteiger partial charge in [-0.15, -0.1) is 0 Å². The minimum atomic E-state index is -0.498. The van der Waals surface area contributed by atoms with E-state index in [1.807, 2.05) is 14.1 Å². The number of nitrogens with one attached hydrogen (secondary N) is 1. The summed E-state index contributed by atoms with van der Waals surface area (Å²) >= 11 is 0. The van der Waals surface area contributed by atoms with Gasteiger partial charge in [0, 0.05) is 12.6 Å². The largest absolute Gasteiger partial charge is 0.353 e. The Balaban J connectivity index is 1.69. The lowest BCUT2D eigenvalue weighted by Gasteiger charge is -2.24. The molecule has 1 aliphatic carbocycles. The zero-order chi connectivity index (χ0) is 17.3. The van der Waals surface area contributed by atoms with Crippen molar-refractivity contribution in [1.82, 2.24) is 19.8 Å². The third-order valence-corrected chi connectivity index (χ3v) is 4.44. The first-order chi connectivity index (χ1) is 11.5. The van der Waals surface area contributed by atoms with E-state index in [2.05, 4.69) is 15.2 Å². The number of halogens is 1. The van der Waals surface area contributed by atoms with Crippen LogP contribution in [0.1, 0.15) is 12.8 Å². The van der Waals surface area contributed by atoms with Crippen molar-refractivity contribution in [2.45, 2.75) is 25.4 Å². The van der Waals surface area contributed by atoms with Crippen LogP contribution in [0.3, 0.4) is 0 Å². The van der Waals surface area contributed by atoms with Crippen molar-refractivity contribution in [3.63, 3.8) is 0 Å². The first kappa shape index (κ1) is 16.6. The van der Waals surface area contributed by atoms with Crippen LogP contribution in [-0.4, -0.2) is 47.0 Å². The molecule has 0 unspecified atom stereocenters. The molecule has 24 heavy (non-hydrogen) atoms. The molecular formula is C17H21FN4O2. The Bertz CT molecular complexity index is 812. The summed E-state index contributed by atoms with van der Waals surface area (Å²) in [6.45, 7) is 0.435. The molecule has 1 fully saturated rings. The van der Waals surface area contributed by atoms with E-state index >= 15 is 0 Å². The van der Waals surface area contributed by atoms with Crippen LogP contribution in [0.5, 0.6) is 0 Å². The lowest BCUT2D eigenvalue weighted by molar-refractivity contribution is -0.122. The lowest BCUT2D eigenvalue weighted by atomic mass is 10.1. The van der Waals surface area contributed by atoms with E-state index in [1.54, 1.807) is 0 Å². The van der Waals surface area contributed by atoms with Crippen molar-refractivity contribution >= 4 is 16.8 Å². The molecule has 6 nitrogen and oxygen atoms in total. The fourth-order valence-electron chi connectivity index (χ4n) is 2.92. The fraction of sp³-hybridized carbons (Fsp3) is 0.471. The Labute approximate surface area is 139 Å². The number of benzene rings is 1. The predicted molar refractivity (Wildman–Crippen MR) is 89.2 cm³/mol. The van der Waals surface area contributed by atoms with Gasteiger partial charge in [-0.2, -0.15) is 0 Å². The summed E-state index contributed by atoms with van der Waals surface area (Å²) in [7, 11) is 4.00. The van der Waals surface area contributed by atoms with Gasteiger partial charge >= 0.3 is 0 Å². The Morgan fingerprint density at radius 3 is 2.88 bits per heavy atom. The number of fused-ring (bicyclic) bond motifs is 1. The molecule has 7 heteroatoms. The molecule has 1 aromatic carbocycles. The molecule has 1 N–H and O–H groups in total. The zero-order valence-electron chi connectivity index (χ0n) is 13.8. The summed E-state index contributed by atoms with van der Waals surface area (Å²) in [6.07, 6.45) is 3.71. The third-order valence-electron chi connectivity index (χ3n) is 4.44. The summed E-state index contributed by atoms with van der Waals surface area (Å²) < 4.78 is 14.5. The maximum atomic E-state index is 13.3. The lowest BCUT2D eigenvalue weighted by Crippen LogP contribution is -2.43. The highest BCUT2D eigenvalue weighted by Gasteiger charge is 2.32. The quantitative estimate of drug-likeness (QED) is 0.857. The van der Waals surface area contributed by atoms with E-state index in [-0.39, 0.29) is 17.8 Å². The number of rotatable bonds is 6. The number of aromatic nitrogens is 2. The third kappa shape index (κ3) is 3.62. The molecule has 0 bridgehead atoms. The molecule has 0 saturated heterocycles. The summed E-state index contributed by atoms with van der Waals surface area (Å²) in [5, 5.41) is 3.05. The van der Waals surface area contributed by atoms with Crippen LogP contribution in [-0.2, 0) is 11.3 Å². The predicted octanol–water partition coefficient (Wildman–Crippen LogP) is 0.992. The molecule has 2 aromatic rings. The first-order valence-electron chi connectivity index (χ1n) is 8.03. The van der Waals surface area contributed by atoms with Crippen LogP contribution in [0.2, 0.25) is 0 Å². The molecule has 128 valence electrons. The topological polar surface area (TPSA) is 67.2 Å². The SMILES string of the molecule is CN(C)[C@H](CNC(=O)Cn1cnc2ccc(F)cc2c1=O)C1CC1. The summed E-state index contributed by atoms with van der Waals surface area (Å²) in [5.74, 6) is -0.114. The number of hydrogen-bond donors (Lipinski definition) is 1. The molecule has 0 aliphatic heterocycles. The number of amides is 1. The van der Waals surface area contributed by atoms with Gasteiger partial charge in [0.15, 0.2) is 0 Å². The number of hydrogen-bond acceptors (Lipinski definition) is 4. The maximum absolute atomic E-state index is 13.3. The van der Waals surface area contributed by atoms with Crippen LogP contribution in [0, 0.1) is 11.7 Å². The van der Waals surface area contributed by atoms with Gasteiger partial charge in [-0.05, 0) is 51.1 Å². The smallest absolute Gasteiger partial charge is 0.261 e. The highest BCUT2D eigenvalue weighted by molar-refractivity contribution is 5.79. The minimum Gasteiger partial charge on any atom is -0.353 e. The van der Waals surface area contributed by atoms with E-state index in [1.165, 1.54) is 35.9 Å². The van der Waals surface area contributed by atoms with Crippen molar-refractivity contribution in [1.29, 1.82) is 0 Å². The van der Waals surface area contributed by atoms with Gasteiger partial charge in [-0.25, -0.2) is 9.37 Å². The van der Waals surface area contributed by atoms with Crippen molar-refractivity contribution < 1.29 is 9.18 Å². The molecule has 1 atom stereocenters. The summed E-state index contributed by atoms with van der Waals surface area (Å²) in [5.41, 5.74) is 0.000431. The Morgan fingerprint density at radius 2 is 2.21 bits per heavy atom. The van der Waals surface area contributed by atoms with E-state index < -0.39 is 11.4 Å². The second-order valence-electron chi connectivity index (χ2n) is 6.51. The second kappa shape index (κ2) is 6.68. The van der Waals surface area contributed by atoms with Crippen molar-refractivity contribution in [3.05, 3.63) is 40.7 Å². The van der Waals surface area contributed by atoms with E-state index in [9.17, 15) is 14.0 Å². The zero-order valence-corrected chi connectivity index (χ0v) is 13.8. The van der Waals surface area contributed by atoms with Crippen LogP contribution >= 0.6 is 0 Å². The first-order valence-corrected chi connectivity index (χ1v) is 8.03. The molecule has 0 radical (unpaired) electrons. The number of likely N-dealkylation sites (N-methyl/N-ethyl adjacent to an activating group) is 1. The highest BCUT2D eigenvalue weighted by atomic mass is 19.1. The van der Waals surface area contributed by atoms with Crippen LogP contribution in [0.4, 0.5) is 4.39 Å². The van der Waals surface area contributed by atoms with Gasteiger partial charge in [-0.3, -0.25) is 14.2 Å². The average molecular weight is 332 g/mol. The summed E-state index contributed by atoms with van der Waals surface area (Å²) in [4.78, 5) is 30.7. The van der Waals surface area contributed by atoms with Crippen molar-refractivity contribution in [2.24, 2.45) is 5.92 Å². The average Bonchev–Trinajstić information content (AvgIpc) is 3.35.